The SMILES string of the molecule is C#C[C@]1(CO[P@@](=O)(N[C@@H](Cc2ccccc2)C(=O)OC(C)C)Oc2ccccc2)O[C@@H](n2cnc3c(N)nc(F)nc32)C[C@@H]1OC(=O)OCCCCCC. The fraction of sp³-hybridized carbons (Fsp3) is 0.432. The van der Waals surface area contributed by atoms with Crippen LogP contribution in [0.25, 0.3) is 11.2 Å². The molecular weight excluding hydrogens is 722 g/mol. The van der Waals surface area contributed by atoms with Crippen LogP contribution in [0.1, 0.15) is 64.7 Å². The lowest BCUT2D eigenvalue weighted by Crippen LogP contribution is -2.46. The Bertz CT molecular complexity index is 1960. The number of para-hydroxylation sites is 1. The molecule has 15 nitrogen and oxygen atoms in total. The van der Waals surface area contributed by atoms with Gasteiger partial charge in [-0.1, -0.05) is 80.6 Å². The molecule has 0 unspecified atom stereocenters. The number of terminal acetylenes is 1. The Hall–Kier alpha value is -5.07. The Morgan fingerprint density at radius 1 is 1.13 bits per heavy atom. The van der Waals surface area contributed by atoms with Crippen molar-refractivity contribution in [3.8, 4) is 18.1 Å². The van der Waals surface area contributed by atoms with E-state index in [9.17, 15) is 18.5 Å². The number of carbonyl (C=O) groups excluding carboxylic acids is 2. The second-order valence-electron chi connectivity index (χ2n) is 12.8. The summed E-state index contributed by atoms with van der Waals surface area (Å²) in [4.78, 5) is 38.0. The zero-order valence-electron chi connectivity index (χ0n) is 30.3. The fourth-order valence-electron chi connectivity index (χ4n) is 5.73. The first-order valence-electron chi connectivity index (χ1n) is 17.6. The molecule has 0 saturated carbocycles. The van der Waals surface area contributed by atoms with Crippen LogP contribution in [0.4, 0.5) is 15.0 Å². The van der Waals surface area contributed by atoms with Gasteiger partial charge in [0.2, 0.25) is 0 Å². The summed E-state index contributed by atoms with van der Waals surface area (Å²) in [5.74, 6) is 1.75. The zero-order chi connectivity index (χ0) is 38.7. The van der Waals surface area contributed by atoms with E-state index in [0.29, 0.717) is 6.42 Å². The normalized spacial score (nSPS) is 19.9. The van der Waals surface area contributed by atoms with E-state index < -0.39 is 62.6 Å². The summed E-state index contributed by atoms with van der Waals surface area (Å²) in [6.07, 6.45) is 5.86. The summed E-state index contributed by atoms with van der Waals surface area (Å²) in [6, 6.07) is 16.0. The topological polar surface area (TPSA) is 188 Å². The van der Waals surface area contributed by atoms with E-state index in [1.807, 2.05) is 6.07 Å². The van der Waals surface area contributed by atoms with Crippen LogP contribution < -0.4 is 15.3 Å². The van der Waals surface area contributed by atoms with E-state index in [-0.39, 0.29) is 42.2 Å². The number of halogens is 1. The number of anilines is 1. The molecule has 2 aromatic carbocycles. The van der Waals surface area contributed by atoms with Gasteiger partial charge in [0.15, 0.2) is 28.7 Å². The van der Waals surface area contributed by atoms with Gasteiger partial charge in [-0.3, -0.25) is 13.9 Å². The number of fused-ring (bicyclic) bond motifs is 1. The van der Waals surface area contributed by atoms with Crippen LogP contribution in [0.15, 0.2) is 67.0 Å². The molecule has 1 aliphatic heterocycles. The Morgan fingerprint density at radius 2 is 1.85 bits per heavy atom. The number of carbonyl (C=O) groups is 2. The third-order valence-corrected chi connectivity index (χ3v) is 9.91. The van der Waals surface area contributed by atoms with E-state index in [0.717, 1.165) is 24.8 Å². The molecule has 1 saturated heterocycles. The van der Waals surface area contributed by atoms with Crippen molar-refractivity contribution in [3.05, 3.63) is 78.6 Å². The number of ether oxygens (including phenoxy) is 4. The molecule has 0 bridgehead atoms. The monoisotopic (exact) mass is 766 g/mol. The number of unbranched alkanes of at least 4 members (excludes halogenated alkanes) is 3. The second-order valence-corrected chi connectivity index (χ2v) is 14.5. The van der Waals surface area contributed by atoms with Crippen molar-refractivity contribution in [3.63, 3.8) is 0 Å². The minimum Gasteiger partial charge on any atom is -0.462 e. The van der Waals surface area contributed by atoms with Gasteiger partial charge in [0.05, 0.1) is 19.0 Å². The number of nitrogens with one attached hydrogen (secondary N) is 1. The Morgan fingerprint density at radius 3 is 2.54 bits per heavy atom. The molecule has 0 radical (unpaired) electrons. The third-order valence-electron chi connectivity index (χ3n) is 8.36. The standard InChI is InChI=1S/C37H44FN6O9P/c1-5-7-8-15-20-48-36(46)51-29-22-30(44-24-40-31-32(39)41-35(38)42-33(31)44)52-37(29,6-2)23-49-54(47,53-27-18-13-10-14-19-27)43-28(34(45)50-25(3)4)21-26-16-11-9-12-17-26/h2,9-14,16-19,24-25,28-30H,5,7-8,15,20-23H2,1,3-4H3,(H,43,47)(H2,39,41,42)/t28-,29-,30+,37+,54-/m0/s1. The molecule has 288 valence electrons. The predicted octanol–water partition coefficient (Wildman–Crippen LogP) is 6.30. The van der Waals surface area contributed by atoms with Crippen LogP contribution in [0.5, 0.6) is 5.75 Å². The van der Waals surface area contributed by atoms with E-state index in [4.69, 9.17) is 40.2 Å². The quantitative estimate of drug-likeness (QED) is 0.0378. The summed E-state index contributed by atoms with van der Waals surface area (Å²) < 4.78 is 65.4. The van der Waals surface area contributed by atoms with Gasteiger partial charge in [0.1, 0.15) is 24.6 Å². The maximum Gasteiger partial charge on any atom is 0.508 e. The van der Waals surface area contributed by atoms with Crippen molar-refractivity contribution >= 4 is 36.9 Å². The van der Waals surface area contributed by atoms with Crippen LogP contribution in [0, 0.1) is 18.4 Å². The number of hydrogen-bond donors (Lipinski definition) is 2. The van der Waals surface area contributed by atoms with Crippen LogP contribution in [-0.2, 0) is 39.3 Å². The number of nitrogen functional groups attached to an aromatic ring is 1. The number of rotatable bonds is 18. The number of hydrogen-bond acceptors (Lipinski definition) is 13. The smallest absolute Gasteiger partial charge is 0.462 e. The van der Waals surface area contributed by atoms with E-state index in [1.54, 1.807) is 68.4 Å². The lowest BCUT2D eigenvalue weighted by molar-refractivity contribution is -0.149. The van der Waals surface area contributed by atoms with Crippen molar-refractivity contribution in [2.45, 2.75) is 89.4 Å². The third kappa shape index (κ3) is 10.3. The van der Waals surface area contributed by atoms with Gasteiger partial charge < -0.3 is 29.2 Å². The van der Waals surface area contributed by atoms with Crippen molar-refractivity contribution in [2.24, 2.45) is 0 Å². The first-order valence-corrected chi connectivity index (χ1v) is 19.1. The number of nitrogens with zero attached hydrogens (tertiary/aromatic N) is 4. The summed E-state index contributed by atoms with van der Waals surface area (Å²) in [5.41, 5.74) is 4.77. The van der Waals surface area contributed by atoms with Gasteiger partial charge in [-0.15, -0.1) is 6.42 Å². The van der Waals surface area contributed by atoms with Crippen molar-refractivity contribution < 1.29 is 46.5 Å². The molecule has 1 aliphatic rings. The van der Waals surface area contributed by atoms with Crippen LogP contribution >= 0.6 is 7.75 Å². The fourth-order valence-corrected chi connectivity index (χ4v) is 7.25. The summed E-state index contributed by atoms with van der Waals surface area (Å²) in [5, 5.41) is 2.77. The van der Waals surface area contributed by atoms with Gasteiger partial charge in [-0.25, -0.2) is 14.3 Å². The van der Waals surface area contributed by atoms with Crippen molar-refractivity contribution in [1.82, 2.24) is 24.6 Å². The molecule has 1 fully saturated rings. The first-order chi connectivity index (χ1) is 25.9. The van der Waals surface area contributed by atoms with Gasteiger partial charge in [-0.05, 0) is 44.4 Å². The number of esters is 1. The van der Waals surface area contributed by atoms with Gasteiger partial charge in [-0.2, -0.15) is 19.4 Å². The Balaban J connectivity index is 1.46. The average molecular weight is 767 g/mol. The molecule has 3 N–H and O–H groups in total. The number of benzene rings is 2. The number of nitrogens with two attached hydrogens (primary N) is 1. The molecule has 54 heavy (non-hydrogen) atoms. The van der Waals surface area contributed by atoms with Crippen LogP contribution in [0.3, 0.4) is 0 Å². The van der Waals surface area contributed by atoms with Crippen molar-refractivity contribution in [1.29, 1.82) is 0 Å². The van der Waals surface area contributed by atoms with Crippen LogP contribution in [0.2, 0.25) is 0 Å². The second kappa shape index (κ2) is 18.3. The molecule has 4 aromatic rings. The minimum atomic E-state index is -4.57. The molecule has 5 atom stereocenters. The van der Waals surface area contributed by atoms with Gasteiger partial charge in [0, 0.05) is 6.42 Å². The van der Waals surface area contributed by atoms with E-state index in [2.05, 4.69) is 32.9 Å². The maximum absolute atomic E-state index is 14.8. The summed E-state index contributed by atoms with van der Waals surface area (Å²) in [6.45, 7) is 4.85. The average Bonchev–Trinajstić information content (AvgIpc) is 3.73. The first kappa shape index (κ1) is 40.1. The highest BCUT2D eigenvalue weighted by atomic mass is 31.2. The van der Waals surface area contributed by atoms with Gasteiger partial charge in [0.25, 0.3) is 0 Å². The minimum absolute atomic E-state index is 0.0110. The molecule has 0 aliphatic carbocycles. The molecule has 0 spiro atoms. The molecule has 5 rings (SSSR count). The van der Waals surface area contributed by atoms with Crippen molar-refractivity contribution in [2.75, 3.05) is 18.9 Å². The summed E-state index contributed by atoms with van der Waals surface area (Å²) >= 11 is 0. The lowest BCUT2D eigenvalue weighted by atomic mass is 9.99. The number of imidazole rings is 1. The zero-order valence-corrected chi connectivity index (χ0v) is 31.2. The highest BCUT2D eigenvalue weighted by molar-refractivity contribution is 7.52. The van der Waals surface area contributed by atoms with Crippen LogP contribution in [-0.4, -0.2) is 68.7 Å². The molecule has 17 heteroatoms. The summed E-state index contributed by atoms with van der Waals surface area (Å²) in [7, 11) is -4.57. The largest absolute Gasteiger partial charge is 0.508 e. The Labute approximate surface area is 312 Å². The Kier molecular flexibility index (Phi) is 13.6. The molecule has 3 heterocycles. The number of aromatic nitrogens is 4. The maximum atomic E-state index is 14.8. The molecular formula is C37H44FN6O9P. The van der Waals surface area contributed by atoms with E-state index >= 15 is 0 Å². The molecule has 2 aromatic heterocycles. The van der Waals surface area contributed by atoms with Gasteiger partial charge >= 0.3 is 25.9 Å². The predicted molar refractivity (Wildman–Crippen MR) is 195 cm³/mol. The lowest BCUT2D eigenvalue weighted by Gasteiger charge is -2.31. The van der Waals surface area contributed by atoms with E-state index in [1.165, 1.54) is 10.9 Å². The highest BCUT2D eigenvalue weighted by Gasteiger charge is 2.53. The highest BCUT2D eigenvalue weighted by Crippen LogP contribution is 2.49. The molecule has 0 amide bonds.